The van der Waals surface area contributed by atoms with Crippen molar-refractivity contribution in [3.8, 4) is 11.4 Å². The Balaban J connectivity index is 1.47. The molecule has 2 heterocycles. The molecular weight excluding hydrogens is 490 g/mol. The van der Waals surface area contributed by atoms with Crippen molar-refractivity contribution in [2.45, 2.75) is 24.2 Å². The summed E-state index contributed by atoms with van der Waals surface area (Å²) in [7, 11) is -2.02. The first kappa shape index (κ1) is 24.7. The van der Waals surface area contributed by atoms with Crippen LogP contribution in [0.2, 0.25) is 0 Å². The highest BCUT2D eigenvalue weighted by molar-refractivity contribution is 7.89. The zero-order valence-corrected chi connectivity index (χ0v) is 21.2. The average molecular weight is 518 g/mol. The highest BCUT2D eigenvalue weighted by Gasteiger charge is 2.26. The molecular formula is C28H27N3O5S. The largest absolute Gasteiger partial charge is 0.497 e. The zero-order chi connectivity index (χ0) is 26.0. The third-order valence-electron chi connectivity index (χ3n) is 6.57. The quantitative estimate of drug-likeness (QED) is 0.408. The van der Waals surface area contributed by atoms with Gasteiger partial charge < -0.3 is 10.1 Å². The van der Waals surface area contributed by atoms with E-state index in [2.05, 4.69) is 5.32 Å². The topological polar surface area (TPSA) is 97.7 Å². The summed E-state index contributed by atoms with van der Waals surface area (Å²) >= 11 is 0. The van der Waals surface area contributed by atoms with Crippen molar-refractivity contribution in [1.82, 2.24) is 8.87 Å². The normalized spacial score (nSPS) is 14.4. The smallest absolute Gasteiger partial charge is 0.262 e. The Bertz CT molecular complexity index is 1620. The average Bonchev–Trinajstić information content (AvgIpc) is 2.94. The molecule has 1 saturated heterocycles. The van der Waals surface area contributed by atoms with E-state index in [9.17, 15) is 18.0 Å². The highest BCUT2D eigenvalue weighted by Crippen LogP contribution is 2.24. The summed E-state index contributed by atoms with van der Waals surface area (Å²) in [5, 5.41) is 3.77. The number of rotatable bonds is 6. The second-order valence-corrected chi connectivity index (χ2v) is 10.8. The summed E-state index contributed by atoms with van der Waals surface area (Å²) in [4.78, 5) is 26.8. The molecule has 0 radical (unpaired) electrons. The summed E-state index contributed by atoms with van der Waals surface area (Å²) in [6, 6.07) is 20.2. The second kappa shape index (κ2) is 10.2. The predicted octanol–water partition coefficient (Wildman–Crippen LogP) is 4.43. The molecule has 0 bridgehead atoms. The standard InChI is InChI=1S/C28H27N3O5S/c1-36-22-9-7-8-21(18-22)31-19-26(24-10-3-4-11-25(24)28(31)33)27(32)29-20-12-14-23(15-13-20)37(34,35)30-16-5-2-6-17-30/h3-4,7-15,18-19H,2,5-6,16-17H2,1H3,(H,29,32). The number of carbonyl (C=O) groups excluding carboxylic acids is 1. The van der Waals surface area contributed by atoms with E-state index in [4.69, 9.17) is 4.74 Å². The van der Waals surface area contributed by atoms with Crippen molar-refractivity contribution >= 4 is 32.4 Å². The van der Waals surface area contributed by atoms with Gasteiger partial charge >= 0.3 is 0 Å². The molecule has 9 heteroatoms. The molecule has 0 spiro atoms. The molecule has 1 aliphatic rings. The van der Waals surface area contributed by atoms with Crippen LogP contribution >= 0.6 is 0 Å². The number of ether oxygens (including phenoxy) is 1. The Morgan fingerprint density at radius 1 is 0.892 bits per heavy atom. The summed E-state index contributed by atoms with van der Waals surface area (Å²) in [6.45, 7) is 1.05. The van der Waals surface area contributed by atoms with E-state index in [-0.39, 0.29) is 10.5 Å². The van der Waals surface area contributed by atoms with Gasteiger partial charge in [-0.25, -0.2) is 8.42 Å². The molecule has 1 aliphatic heterocycles. The zero-order valence-electron chi connectivity index (χ0n) is 20.4. The number of carbonyl (C=O) groups is 1. The summed E-state index contributed by atoms with van der Waals surface area (Å²) < 4.78 is 34.1. The second-order valence-electron chi connectivity index (χ2n) is 8.91. The lowest BCUT2D eigenvalue weighted by Gasteiger charge is -2.25. The van der Waals surface area contributed by atoms with Gasteiger partial charge in [0.2, 0.25) is 10.0 Å². The molecule has 37 heavy (non-hydrogen) atoms. The number of benzene rings is 3. The minimum absolute atomic E-state index is 0.199. The Hall–Kier alpha value is -3.95. The summed E-state index contributed by atoms with van der Waals surface area (Å²) in [5.41, 5.74) is 1.07. The van der Waals surface area contributed by atoms with Gasteiger partial charge in [-0.3, -0.25) is 14.2 Å². The lowest BCUT2D eigenvalue weighted by molar-refractivity contribution is 0.102. The first-order valence-corrected chi connectivity index (χ1v) is 13.5. The van der Waals surface area contributed by atoms with E-state index in [1.807, 2.05) is 0 Å². The number of nitrogens with zero attached hydrogens (tertiary/aromatic N) is 2. The first-order valence-electron chi connectivity index (χ1n) is 12.1. The SMILES string of the molecule is COc1cccc(-n2cc(C(=O)Nc3ccc(S(=O)(=O)N4CCCCC4)cc3)c3ccccc3c2=O)c1. The molecule has 1 fully saturated rings. The number of piperidine rings is 1. The van der Waals surface area contributed by atoms with E-state index >= 15 is 0 Å². The van der Waals surface area contributed by atoms with Crippen molar-refractivity contribution in [2.24, 2.45) is 0 Å². The molecule has 1 aromatic heterocycles. The molecule has 0 unspecified atom stereocenters. The van der Waals surface area contributed by atoms with Crippen LogP contribution < -0.4 is 15.6 Å². The van der Waals surface area contributed by atoms with Crippen LogP contribution in [0.1, 0.15) is 29.6 Å². The van der Waals surface area contributed by atoms with Gasteiger partial charge in [-0.15, -0.1) is 0 Å². The third-order valence-corrected chi connectivity index (χ3v) is 8.48. The number of hydrogen-bond donors (Lipinski definition) is 1. The van der Waals surface area contributed by atoms with Crippen LogP contribution in [0.25, 0.3) is 16.5 Å². The number of methoxy groups -OCH3 is 1. The molecule has 3 aromatic carbocycles. The number of sulfonamides is 1. The van der Waals surface area contributed by atoms with Crippen LogP contribution in [-0.2, 0) is 10.0 Å². The minimum atomic E-state index is -3.56. The number of hydrogen-bond acceptors (Lipinski definition) is 5. The van der Waals surface area contributed by atoms with Gasteiger partial charge in [-0.05, 0) is 55.3 Å². The molecule has 0 saturated carbocycles. The van der Waals surface area contributed by atoms with Crippen molar-refractivity contribution in [3.05, 3.63) is 94.9 Å². The molecule has 190 valence electrons. The van der Waals surface area contributed by atoms with Gasteiger partial charge in [-0.1, -0.05) is 30.7 Å². The van der Waals surface area contributed by atoms with Crippen LogP contribution in [-0.4, -0.2) is 43.4 Å². The van der Waals surface area contributed by atoms with Gasteiger partial charge in [0.1, 0.15) is 5.75 Å². The van der Waals surface area contributed by atoms with Crippen LogP contribution in [0.5, 0.6) is 5.75 Å². The number of amides is 1. The van der Waals surface area contributed by atoms with Crippen molar-refractivity contribution in [3.63, 3.8) is 0 Å². The fourth-order valence-corrected chi connectivity index (χ4v) is 6.10. The third kappa shape index (κ3) is 4.87. The van der Waals surface area contributed by atoms with E-state index < -0.39 is 15.9 Å². The van der Waals surface area contributed by atoms with Crippen LogP contribution in [0.4, 0.5) is 5.69 Å². The van der Waals surface area contributed by atoms with Gasteiger partial charge in [0.15, 0.2) is 0 Å². The number of fused-ring (bicyclic) bond motifs is 1. The van der Waals surface area contributed by atoms with E-state index in [1.165, 1.54) is 27.2 Å². The maximum absolute atomic E-state index is 13.4. The van der Waals surface area contributed by atoms with Crippen LogP contribution in [0.15, 0.2) is 88.7 Å². The summed E-state index contributed by atoms with van der Waals surface area (Å²) in [6.07, 6.45) is 4.28. The van der Waals surface area contributed by atoms with Gasteiger partial charge in [0, 0.05) is 41.8 Å². The predicted molar refractivity (Wildman–Crippen MR) is 143 cm³/mol. The number of aromatic nitrogens is 1. The Morgan fingerprint density at radius 3 is 2.30 bits per heavy atom. The highest BCUT2D eigenvalue weighted by atomic mass is 32.2. The van der Waals surface area contributed by atoms with Crippen LogP contribution in [0.3, 0.4) is 0 Å². The first-order chi connectivity index (χ1) is 17.9. The number of nitrogens with one attached hydrogen (secondary N) is 1. The van der Waals surface area contributed by atoms with Crippen molar-refractivity contribution in [2.75, 3.05) is 25.5 Å². The fraction of sp³-hybridized carbons (Fsp3) is 0.214. The molecule has 1 amide bonds. The fourth-order valence-electron chi connectivity index (χ4n) is 4.59. The Morgan fingerprint density at radius 2 is 1.59 bits per heavy atom. The maximum Gasteiger partial charge on any atom is 0.262 e. The Labute approximate surface area is 215 Å². The van der Waals surface area contributed by atoms with Gasteiger partial charge in [0.25, 0.3) is 11.5 Å². The molecule has 0 atom stereocenters. The lowest BCUT2D eigenvalue weighted by atomic mass is 10.1. The number of pyridine rings is 1. The summed E-state index contributed by atoms with van der Waals surface area (Å²) in [5.74, 6) is 0.169. The molecule has 0 aliphatic carbocycles. The molecule has 5 rings (SSSR count). The monoisotopic (exact) mass is 517 g/mol. The minimum Gasteiger partial charge on any atom is -0.497 e. The van der Waals surface area contributed by atoms with E-state index in [0.29, 0.717) is 46.5 Å². The molecule has 1 N–H and O–H groups in total. The Kier molecular flexibility index (Phi) is 6.82. The molecule has 8 nitrogen and oxygen atoms in total. The van der Waals surface area contributed by atoms with Gasteiger partial charge in [-0.2, -0.15) is 4.31 Å². The van der Waals surface area contributed by atoms with Crippen molar-refractivity contribution < 1.29 is 17.9 Å². The molecule has 4 aromatic rings. The number of anilines is 1. The van der Waals surface area contributed by atoms with Gasteiger partial charge in [0.05, 0.1) is 23.3 Å². The maximum atomic E-state index is 13.4. The van der Waals surface area contributed by atoms with E-state index in [1.54, 1.807) is 67.8 Å². The van der Waals surface area contributed by atoms with Crippen LogP contribution in [0, 0.1) is 0 Å². The van der Waals surface area contributed by atoms with Crippen molar-refractivity contribution in [1.29, 1.82) is 0 Å². The lowest BCUT2D eigenvalue weighted by Crippen LogP contribution is -2.35. The van der Waals surface area contributed by atoms with E-state index in [0.717, 1.165) is 19.3 Å².